The molecule has 0 heterocycles. The molecule has 0 radical (unpaired) electrons. The Morgan fingerprint density at radius 2 is 1.02 bits per heavy atom. The van der Waals surface area contributed by atoms with Gasteiger partial charge in [0.25, 0.3) is 0 Å². The number of phosphoric acid groups is 1. The summed E-state index contributed by atoms with van der Waals surface area (Å²) in [6.07, 6.45) is 42.1. The van der Waals surface area contributed by atoms with Gasteiger partial charge >= 0.3 is 7.82 Å². The van der Waals surface area contributed by atoms with Crippen LogP contribution < -0.4 is 11.1 Å². The molecule has 3 unspecified atom stereocenters. The van der Waals surface area contributed by atoms with E-state index in [1.807, 2.05) is 0 Å². The molecule has 0 aliphatic rings. The average molecular weight is 745 g/mol. The number of aliphatic hydroxyl groups excluding tert-OH is 1. The first kappa shape index (κ1) is 50.2. The number of aliphatic hydroxyl groups is 1. The zero-order valence-corrected chi connectivity index (χ0v) is 34.5. The lowest BCUT2D eigenvalue weighted by atomic mass is 10.0. The molecule has 0 aromatic carbocycles. The van der Waals surface area contributed by atoms with Crippen LogP contribution in [0.15, 0.2) is 12.2 Å². The highest BCUT2D eigenvalue weighted by molar-refractivity contribution is 7.47. The lowest BCUT2D eigenvalue weighted by Crippen LogP contribution is -2.46. The molecule has 0 saturated heterocycles. The van der Waals surface area contributed by atoms with Gasteiger partial charge in [0.05, 0.1) is 25.4 Å². The van der Waals surface area contributed by atoms with Gasteiger partial charge in [0.15, 0.2) is 0 Å². The van der Waals surface area contributed by atoms with Crippen molar-refractivity contribution >= 4 is 13.7 Å². The van der Waals surface area contributed by atoms with Crippen LogP contribution >= 0.6 is 7.82 Å². The Morgan fingerprint density at radius 1 is 0.627 bits per heavy atom. The molecule has 0 saturated carbocycles. The van der Waals surface area contributed by atoms with Gasteiger partial charge in [-0.2, -0.15) is 0 Å². The highest BCUT2D eigenvalue weighted by atomic mass is 31.2. The summed E-state index contributed by atoms with van der Waals surface area (Å²) in [5, 5.41) is 13.8. The molecular formula is C42H85N2O6P. The maximum atomic E-state index is 12.8. The molecule has 51 heavy (non-hydrogen) atoms. The fourth-order valence-electron chi connectivity index (χ4n) is 6.54. The molecule has 0 aliphatic heterocycles. The molecular weight excluding hydrogens is 659 g/mol. The SMILES string of the molecule is CCCCCCCC/C=C\CCCCCCCC(=O)NC(COP(=O)(O)OCCN)C(O)CCCCCCCCCCCCCCCCCCC. The minimum Gasteiger partial charge on any atom is -0.391 e. The zero-order chi connectivity index (χ0) is 37.5. The number of rotatable bonds is 41. The van der Waals surface area contributed by atoms with Crippen molar-refractivity contribution in [1.29, 1.82) is 0 Å². The number of carbonyl (C=O) groups excluding carboxylic acids is 1. The van der Waals surface area contributed by atoms with Crippen LogP contribution in [0.2, 0.25) is 0 Å². The Labute approximate surface area is 315 Å². The summed E-state index contributed by atoms with van der Waals surface area (Å²) in [5.41, 5.74) is 5.38. The molecule has 0 fully saturated rings. The second-order valence-corrected chi connectivity index (χ2v) is 16.4. The number of carbonyl (C=O) groups is 1. The number of nitrogens with two attached hydrogens (primary N) is 1. The Balaban J connectivity index is 4.16. The van der Waals surface area contributed by atoms with Crippen molar-refractivity contribution in [2.45, 2.75) is 231 Å². The molecule has 8 nitrogen and oxygen atoms in total. The fourth-order valence-corrected chi connectivity index (χ4v) is 7.30. The van der Waals surface area contributed by atoms with Crippen LogP contribution in [0.3, 0.4) is 0 Å². The van der Waals surface area contributed by atoms with Crippen molar-refractivity contribution in [1.82, 2.24) is 5.32 Å². The summed E-state index contributed by atoms with van der Waals surface area (Å²) in [6.45, 7) is 4.21. The molecule has 5 N–H and O–H groups in total. The molecule has 0 aliphatic carbocycles. The van der Waals surface area contributed by atoms with Crippen molar-refractivity contribution in [2.75, 3.05) is 19.8 Å². The van der Waals surface area contributed by atoms with E-state index in [0.29, 0.717) is 12.8 Å². The number of allylic oxidation sites excluding steroid dienone is 2. The van der Waals surface area contributed by atoms with Crippen LogP contribution in [0.5, 0.6) is 0 Å². The topological polar surface area (TPSA) is 131 Å². The Morgan fingerprint density at radius 3 is 1.45 bits per heavy atom. The van der Waals surface area contributed by atoms with Gasteiger partial charge in [0.1, 0.15) is 0 Å². The molecule has 0 spiro atoms. The van der Waals surface area contributed by atoms with E-state index in [0.717, 1.165) is 51.4 Å². The number of nitrogens with one attached hydrogen (secondary N) is 1. The Kier molecular flexibility index (Phi) is 38.4. The van der Waals surface area contributed by atoms with Gasteiger partial charge in [-0.05, 0) is 38.5 Å². The van der Waals surface area contributed by atoms with Crippen molar-refractivity contribution in [3.63, 3.8) is 0 Å². The molecule has 0 bridgehead atoms. The third kappa shape index (κ3) is 37.4. The summed E-state index contributed by atoms with van der Waals surface area (Å²) in [7, 11) is -4.31. The number of amides is 1. The smallest absolute Gasteiger partial charge is 0.391 e. The van der Waals surface area contributed by atoms with E-state index < -0.39 is 20.0 Å². The van der Waals surface area contributed by atoms with E-state index in [1.54, 1.807) is 0 Å². The molecule has 304 valence electrons. The van der Waals surface area contributed by atoms with E-state index in [9.17, 15) is 19.4 Å². The second kappa shape index (κ2) is 38.9. The second-order valence-electron chi connectivity index (χ2n) is 14.9. The Bertz CT molecular complexity index is 814. The van der Waals surface area contributed by atoms with Gasteiger partial charge < -0.3 is 21.1 Å². The first-order valence-corrected chi connectivity index (χ1v) is 23.3. The van der Waals surface area contributed by atoms with E-state index >= 15 is 0 Å². The predicted octanol–water partition coefficient (Wildman–Crippen LogP) is 12.0. The largest absolute Gasteiger partial charge is 0.472 e. The summed E-state index contributed by atoms with van der Waals surface area (Å²) in [6, 6.07) is -0.774. The van der Waals surface area contributed by atoms with E-state index in [1.165, 1.54) is 141 Å². The first-order valence-electron chi connectivity index (χ1n) is 21.8. The van der Waals surface area contributed by atoms with Crippen LogP contribution in [-0.4, -0.2) is 47.8 Å². The van der Waals surface area contributed by atoms with Gasteiger partial charge in [0, 0.05) is 13.0 Å². The maximum Gasteiger partial charge on any atom is 0.472 e. The first-order chi connectivity index (χ1) is 24.9. The normalized spacial score (nSPS) is 14.2. The fraction of sp³-hybridized carbons (Fsp3) is 0.929. The van der Waals surface area contributed by atoms with Crippen LogP contribution in [0, 0.1) is 0 Å². The van der Waals surface area contributed by atoms with Crippen LogP contribution in [-0.2, 0) is 18.4 Å². The standard InChI is InChI=1S/C42H85N2O6P/c1-3-5-7-9-11-13-15-17-19-20-22-23-25-27-29-31-33-35-41(45)40(39-50-51(47,48)49-38-37-43)44-42(46)36-34-32-30-28-26-24-21-18-16-14-12-10-8-6-4-2/h18,21,40-41,45H,3-17,19-20,22-39,43H2,1-2H3,(H,44,46)(H,47,48)/b21-18-. The third-order valence-electron chi connectivity index (χ3n) is 9.87. The lowest BCUT2D eigenvalue weighted by molar-refractivity contribution is -0.123. The molecule has 3 atom stereocenters. The average Bonchev–Trinajstić information content (AvgIpc) is 3.12. The highest BCUT2D eigenvalue weighted by Gasteiger charge is 2.27. The molecule has 0 aromatic rings. The van der Waals surface area contributed by atoms with Crippen molar-refractivity contribution in [3.05, 3.63) is 12.2 Å². The molecule has 0 rings (SSSR count). The molecule has 0 aromatic heterocycles. The lowest BCUT2D eigenvalue weighted by Gasteiger charge is -2.25. The van der Waals surface area contributed by atoms with Crippen molar-refractivity contribution < 1.29 is 28.4 Å². The van der Waals surface area contributed by atoms with Crippen LogP contribution in [0.25, 0.3) is 0 Å². The molecule has 1 amide bonds. The number of hydrogen-bond acceptors (Lipinski definition) is 6. The highest BCUT2D eigenvalue weighted by Crippen LogP contribution is 2.43. The number of phosphoric ester groups is 1. The van der Waals surface area contributed by atoms with Crippen molar-refractivity contribution in [3.8, 4) is 0 Å². The van der Waals surface area contributed by atoms with Crippen LogP contribution in [0.1, 0.15) is 219 Å². The summed E-state index contributed by atoms with van der Waals surface area (Å²) < 4.78 is 22.2. The number of unbranched alkanes of at least 4 members (excludes halogenated alkanes) is 27. The monoisotopic (exact) mass is 745 g/mol. The quantitative estimate of drug-likeness (QED) is 0.0278. The summed E-state index contributed by atoms with van der Waals surface area (Å²) >= 11 is 0. The third-order valence-corrected chi connectivity index (χ3v) is 10.9. The van der Waals surface area contributed by atoms with Crippen molar-refractivity contribution in [2.24, 2.45) is 5.73 Å². The van der Waals surface area contributed by atoms with Gasteiger partial charge in [-0.1, -0.05) is 187 Å². The number of hydrogen-bond donors (Lipinski definition) is 4. The summed E-state index contributed by atoms with van der Waals surface area (Å²) in [5.74, 6) is -0.168. The molecule has 9 heteroatoms. The predicted molar refractivity (Wildman–Crippen MR) is 217 cm³/mol. The van der Waals surface area contributed by atoms with Gasteiger partial charge in [-0.15, -0.1) is 0 Å². The van der Waals surface area contributed by atoms with E-state index in [2.05, 4.69) is 31.3 Å². The van der Waals surface area contributed by atoms with Gasteiger partial charge in [-0.25, -0.2) is 4.57 Å². The minimum absolute atomic E-state index is 0.0892. The van der Waals surface area contributed by atoms with E-state index in [4.69, 9.17) is 14.8 Å². The van der Waals surface area contributed by atoms with Gasteiger partial charge in [-0.3, -0.25) is 13.8 Å². The maximum absolute atomic E-state index is 12.8. The van der Waals surface area contributed by atoms with E-state index in [-0.39, 0.29) is 25.7 Å². The van der Waals surface area contributed by atoms with Crippen LogP contribution in [0.4, 0.5) is 0 Å². The summed E-state index contributed by atoms with van der Waals surface area (Å²) in [4.78, 5) is 22.7. The van der Waals surface area contributed by atoms with Gasteiger partial charge in [0.2, 0.25) is 5.91 Å². The Hall–Kier alpha value is -0.760. The zero-order valence-electron chi connectivity index (χ0n) is 33.6. The minimum atomic E-state index is -4.31.